The van der Waals surface area contributed by atoms with Gasteiger partial charge in [0.1, 0.15) is 5.82 Å². The maximum absolute atomic E-state index is 13.1. The molecule has 0 saturated heterocycles. The highest BCUT2D eigenvalue weighted by Crippen LogP contribution is 2.31. The molecule has 0 saturated carbocycles. The van der Waals surface area contributed by atoms with Crippen molar-refractivity contribution in [3.63, 3.8) is 0 Å². The Balaban J connectivity index is 2.34. The summed E-state index contributed by atoms with van der Waals surface area (Å²) in [6.07, 6.45) is 0. The van der Waals surface area contributed by atoms with Crippen molar-refractivity contribution < 1.29 is 9.18 Å². The van der Waals surface area contributed by atoms with Gasteiger partial charge in [0.05, 0.1) is 0 Å². The molecule has 0 aliphatic rings. The van der Waals surface area contributed by atoms with Gasteiger partial charge in [0, 0.05) is 19.8 Å². The first-order valence-electron chi connectivity index (χ1n) is 5.30. The minimum Gasteiger partial charge on any atom is -0.294 e. The van der Waals surface area contributed by atoms with E-state index in [0.29, 0.717) is 5.56 Å². The van der Waals surface area contributed by atoms with E-state index in [9.17, 15) is 9.18 Å². The molecule has 0 aromatic heterocycles. The molecule has 0 aliphatic heterocycles. The first-order valence-corrected chi connectivity index (χ1v) is 6.91. The molecular formula is C14H10BrFOS. The lowest BCUT2D eigenvalue weighted by Gasteiger charge is -2.07. The van der Waals surface area contributed by atoms with Crippen molar-refractivity contribution >= 4 is 33.5 Å². The van der Waals surface area contributed by atoms with E-state index in [1.165, 1.54) is 30.8 Å². The van der Waals surface area contributed by atoms with Crippen molar-refractivity contribution in [3.8, 4) is 0 Å². The maximum atomic E-state index is 13.1. The Morgan fingerprint density at radius 3 is 2.44 bits per heavy atom. The topological polar surface area (TPSA) is 17.1 Å². The van der Waals surface area contributed by atoms with Gasteiger partial charge in [-0.3, -0.25) is 4.79 Å². The minimum absolute atomic E-state index is 0.130. The first kappa shape index (κ1) is 13.3. The Labute approximate surface area is 118 Å². The van der Waals surface area contributed by atoms with Gasteiger partial charge in [-0.2, -0.15) is 0 Å². The zero-order valence-electron chi connectivity index (χ0n) is 9.61. The van der Waals surface area contributed by atoms with E-state index in [-0.39, 0.29) is 11.6 Å². The van der Waals surface area contributed by atoms with Crippen LogP contribution in [0.25, 0.3) is 0 Å². The van der Waals surface area contributed by atoms with Crippen molar-refractivity contribution in [2.45, 2.75) is 16.7 Å². The van der Waals surface area contributed by atoms with Crippen LogP contribution in [0.5, 0.6) is 0 Å². The molecule has 2 aromatic rings. The summed E-state index contributed by atoms with van der Waals surface area (Å²) in [5.74, 6) is -0.519. The van der Waals surface area contributed by atoms with Crippen LogP contribution in [0, 0.1) is 5.82 Å². The highest BCUT2D eigenvalue weighted by Gasteiger charge is 2.10. The molecule has 0 radical (unpaired) electrons. The van der Waals surface area contributed by atoms with Crippen LogP contribution < -0.4 is 0 Å². The van der Waals surface area contributed by atoms with Crippen LogP contribution >= 0.6 is 27.7 Å². The second-order valence-corrected chi connectivity index (χ2v) is 5.78. The number of Topliss-reactive ketones (excluding diaryl/α,β-unsaturated/α-hetero) is 1. The molecule has 4 heteroatoms. The molecule has 0 fully saturated rings. The van der Waals surface area contributed by atoms with Gasteiger partial charge in [-0.25, -0.2) is 4.39 Å². The number of rotatable bonds is 3. The van der Waals surface area contributed by atoms with Crippen molar-refractivity contribution in [1.29, 1.82) is 0 Å². The molecular weight excluding hydrogens is 315 g/mol. The largest absolute Gasteiger partial charge is 0.294 e. The fourth-order valence-electron chi connectivity index (χ4n) is 1.50. The predicted octanol–water partition coefficient (Wildman–Crippen LogP) is 4.94. The Morgan fingerprint density at radius 2 is 1.83 bits per heavy atom. The third-order valence-electron chi connectivity index (χ3n) is 2.36. The van der Waals surface area contributed by atoms with Crippen molar-refractivity contribution in [3.05, 3.63) is 58.3 Å². The Kier molecular flexibility index (Phi) is 4.19. The third-order valence-corrected chi connectivity index (χ3v) is 3.97. The molecule has 0 heterocycles. The maximum Gasteiger partial charge on any atom is 0.161 e. The summed E-state index contributed by atoms with van der Waals surface area (Å²) in [5, 5.41) is 0. The molecule has 0 unspecified atom stereocenters. The van der Waals surface area contributed by atoms with Crippen LogP contribution in [0.15, 0.2) is 56.7 Å². The molecule has 0 amide bonds. The lowest BCUT2D eigenvalue weighted by atomic mass is 10.1. The molecule has 1 nitrogen and oxygen atoms in total. The summed E-state index contributed by atoms with van der Waals surface area (Å²) in [6.45, 7) is 1.44. The normalized spacial score (nSPS) is 10.4. The number of carbonyl (C=O) groups excluding carboxylic acids is 1. The number of hydrogen-bond acceptors (Lipinski definition) is 2. The lowest BCUT2D eigenvalue weighted by molar-refractivity contribution is 0.101. The van der Waals surface area contributed by atoms with Gasteiger partial charge in [0.25, 0.3) is 0 Å². The predicted molar refractivity (Wildman–Crippen MR) is 74.7 cm³/mol. The van der Waals surface area contributed by atoms with E-state index in [0.717, 1.165) is 14.3 Å². The average molecular weight is 325 g/mol. The number of hydrogen-bond donors (Lipinski definition) is 0. The number of carbonyl (C=O) groups is 1. The lowest BCUT2D eigenvalue weighted by Crippen LogP contribution is -1.96. The summed E-state index contributed by atoms with van der Waals surface area (Å²) in [4.78, 5) is 13.3. The van der Waals surface area contributed by atoms with E-state index in [1.54, 1.807) is 6.07 Å². The summed E-state index contributed by atoms with van der Waals surface area (Å²) >= 11 is 4.82. The molecule has 18 heavy (non-hydrogen) atoms. The molecule has 92 valence electrons. The summed E-state index contributed by atoms with van der Waals surface area (Å²) in [5.41, 5.74) is 0.419. The quantitative estimate of drug-likeness (QED) is 0.744. The zero-order chi connectivity index (χ0) is 13.1. The van der Waals surface area contributed by atoms with Crippen LogP contribution in [-0.4, -0.2) is 5.78 Å². The summed E-state index contributed by atoms with van der Waals surface area (Å²) < 4.78 is 14.1. The average Bonchev–Trinajstić information content (AvgIpc) is 2.34. The smallest absolute Gasteiger partial charge is 0.161 e. The van der Waals surface area contributed by atoms with Gasteiger partial charge in [0.15, 0.2) is 5.78 Å². The van der Waals surface area contributed by atoms with Crippen molar-refractivity contribution in [2.75, 3.05) is 0 Å². The SMILES string of the molecule is CC(=O)c1cc(F)ccc1Sc1ccc(Br)cc1. The van der Waals surface area contributed by atoms with Gasteiger partial charge in [-0.15, -0.1) is 0 Å². The van der Waals surface area contributed by atoms with Crippen molar-refractivity contribution in [2.24, 2.45) is 0 Å². The third kappa shape index (κ3) is 3.21. The summed E-state index contributed by atoms with van der Waals surface area (Å²) in [7, 11) is 0. The van der Waals surface area contributed by atoms with E-state index in [1.807, 2.05) is 24.3 Å². The number of ketones is 1. The molecule has 2 rings (SSSR count). The van der Waals surface area contributed by atoms with Crippen LogP contribution in [0.3, 0.4) is 0 Å². The van der Waals surface area contributed by atoms with E-state index in [4.69, 9.17) is 0 Å². The monoisotopic (exact) mass is 324 g/mol. The van der Waals surface area contributed by atoms with E-state index >= 15 is 0 Å². The van der Waals surface area contributed by atoms with Crippen molar-refractivity contribution in [1.82, 2.24) is 0 Å². The molecule has 0 aliphatic carbocycles. The van der Waals surface area contributed by atoms with Gasteiger partial charge in [-0.05, 0) is 49.4 Å². The molecule has 2 aromatic carbocycles. The van der Waals surface area contributed by atoms with Gasteiger partial charge >= 0.3 is 0 Å². The van der Waals surface area contributed by atoms with Gasteiger partial charge in [0.2, 0.25) is 0 Å². The number of halogens is 2. The van der Waals surface area contributed by atoms with Crippen LogP contribution in [0.1, 0.15) is 17.3 Å². The first-order chi connectivity index (χ1) is 8.56. The Bertz CT molecular complexity index is 581. The van der Waals surface area contributed by atoms with Gasteiger partial charge in [-0.1, -0.05) is 27.7 Å². The Hall–Kier alpha value is -1.13. The van der Waals surface area contributed by atoms with Crippen LogP contribution in [-0.2, 0) is 0 Å². The Morgan fingerprint density at radius 1 is 1.17 bits per heavy atom. The van der Waals surface area contributed by atoms with Gasteiger partial charge < -0.3 is 0 Å². The zero-order valence-corrected chi connectivity index (χ0v) is 12.0. The van der Waals surface area contributed by atoms with Crippen LogP contribution in [0.4, 0.5) is 4.39 Å². The number of benzene rings is 2. The fraction of sp³-hybridized carbons (Fsp3) is 0.0714. The second kappa shape index (κ2) is 5.67. The minimum atomic E-state index is -0.389. The fourth-order valence-corrected chi connectivity index (χ4v) is 2.74. The molecule has 0 spiro atoms. The van der Waals surface area contributed by atoms with Crippen LogP contribution in [0.2, 0.25) is 0 Å². The highest BCUT2D eigenvalue weighted by molar-refractivity contribution is 9.10. The second-order valence-electron chi connectivity index (χ2n) is 3.75. The molecule has 0 bridgehead atoms. The standard InChI is InChI=1S/C14H10BrFOS/c1-9(17)13-8-11(16)4-7-14(13)18-12-5-2-10(15)3-6-12/h2-8H,1H3. The summed E-state index contributed by atoms with van der Waals surface area (Å²) in [6, 6.07) is 12.0. The highest BCUT2D eigenvalue weighted by atomic mass is 79.9. The molecule has 0 atom stereocenters. The van der Waals surface area contributed by atoms with E-state index < -0.39 is 0 Å². The molecule has 0 N–H and O–H groups in total. The van der Waals surface area contributed by atoms with E-state index in [2.05, 4.69) is 15.9 Å².